The van der Waals surface area contributed by atoms with E-state index in [0.29, 0.717) is 5.92 Å². The molecule has 1 unspecified atom stereocenters. The molecule has 0 N–H and O–H groups in total. The van der Waals surface area contributed by atoms with E-state index >= 15 is 0 Å². The lowest BCUT2D eigenvalue weighted by molar-refractivity contribution is 0.229. The number of rotatable bonds is 6. The van der Waals surface area contributed by atoms with E-state index in [1.807, 2.05) is 11.3 Å². The number of hydrogen-bond acceptors (Lipinski definition) is 3. The standard InChI is InChI=1S/C12H19NS2/c1-10(9-14)7-13(11-4-5-11)8-12-3-2-6-15-12/h2-3,6,10-11,14H,4-5,7-9H2,1H3. The average molecular weight is 241 g/mol. The Labute approximate surface area is 102 Å². The van der Waals surface area contributed by atoms with Gasteiger partial charge in [-0.1, -0.05) is 13.0 Å². The molecule has 0 saturated heterocycles. The molecule has 0 amide bonds. The first kappa shape index (κ1) is 11.5. The summed E-state index contributed by atoms with van der Waals surface area (Å²) in [5.74, 6) is 1.70. The summed E-state index contributed by atoms with van der Waals surface area (Å²) in [7, 11) is 0. The van der Waals surface area contributed by atoms with Crippen molar-refractivity contribution < 1.29 is 0 Å². The van der Waals surface area contributed by atoms with Gasteiger partial charge in [0, 0.05) is 24.0 Å². The third-order valence-corrected chi connectivity index (χ3v) is 4.34. The van der Waals surface area contributed by atoms with Gasteiger partial charge in [0.25, 0.3) is 0 Å². The first-order valence-corrected chi connectivity index (χ1v) is 7.18. The van der Waals surface area contributed by atoms with E-state index < -0.39 is 0 Å². The maximum absolute atomic E-state index is 4.37. The van der Waals surface area contributed by atoms with Gasteiger partial charge in [0.05, 0.1) is 0 Å². The van der Waals surface area contributed by atoms with E-state index in [1.54, 1.807) is 0 Å². The van der Waals surface area contributed by atoms with Crippen molar-refractivity contribution in [3.05, 3.63) is 22.4 Å². The molecule has 0 aliphatic heterocycles. The van der Waals surface area contributed by atoms with Gasteiger partial charge in [-0.2, -0.15) is 12.6 Å². The van der Waals surface area contributed by atoms with Crippen LogP contribution in [-0.2, 0) is 6.54 Å². The Balaban J connectivity index is 1.88. The summed E-state index contributed by atoms with van der Waals surface area (Å²) in [6, 6.07) is 5.24. The summed E-state index contributed by atoms with van der Waals surface area (Å²) in [5.41, 5.74) is 0. The molecule has 1 aliphatic rings. The van der Waals surface area contributed by atoms with Crippen LogP contribution in [0.4, 0.5) is 0 Å². The molecule has 3 heteroatoms. The highest BCUT2D eigenvalue weighted by atomic mass is 32.1. The smallest absolute Gasteiger partial charge is 0.0330 e. The molecule has 15 heavy (non-hydrogen) atoms. The Morgan fingerprint density at radius 3 is 2.93 bits per heavy atom. The second kappa shape index (κ2) is 5.37. The Morgan fingerprint density at radius 2 is 2.40 bits per heavy atom. The summed E-state index contributed by atoms with van der Waals surface area (Å²) >= 11 is 6.24. The summed E-state index contributed by atoms with van der Waals surface area (Å²) in [6.45, 7) is 4.63. The van der Waals surface area contributed by atoms with Crippen LogP contribution in [0.2, 0.25) is 0 Å². The zero-order valence-electron chi connectivity index (χ0n) is 9.22. The van der Waals surface area contributed by atoms with Crippen molar-refractivity contribution in [2.75, 3.05) is 12.3 Å². The van der Waals surface area contributed by atoms with Gasteiger partial charge in [0.2, 0.25) is 0 Å². The molecular formula is C12H19NS2. The number of hydrogen-bond donors (Lipinski definition) is 1. The topological polar surface area (TPSA) is 3.24 Å². The quantitative estimate of drug-likeness (QED) is 0.748. The van der Waals surface area contributed by atoms with Gasteiger partial charge in [-0.15, -0.1) is 11.3 Å². The largest absolute Gasteiger partial charge is 0.295 e. The van der Waals surface area contributed by atoms with Gasteiger partial charge in [-0.25, -0.2) is 0 Å². The summed E-state index contributed by atoms with van der Waals surface area (Å²) in [4.78, 5) is 4.13. The van der Waals surface area contributed by atoms with Crippen molar-refractivity contribution in [1.29, 1.82) is 0 Å². The third-order valence-electron chi connectivity index (χ3n) is 2.86. The van der Waals surface area contributed by atoms with Crippen molar-refractivity contribution in [3.63, 3.8) is 0 Å². The van der Waals surface area contributed by atoms with Crippen molar-refractivity contribution in [2.24, 2.45) is 5.92 Å². The zero-order chi connectivity index (χ0) is 10.7. The van der Waals surface area contributed by atoms with Gasteiger partial charge in [-0.05, 0) is 36.0 Å². The number of nitrogens with zero attached hydrogens (tertiary/aromatic N) is 1. The fourth-order valence-electron chi connectivity index (χ4n) is 1.84. The molecular weight excluding hydrogens is 222 g/mol. The molecule has 1 fully saturated rings. The summed E-state index contributed by atoms with van der Waals surface area (Å²) in [6.07, 6.45) is 2.79. The Bertz CT molecular complexity index is 280. The SMILES string of the molecule is CC(CS)CN(Cc1cccs1)C1CC1. The Morgan fingerprint density at radius 1 is 1.60 bits per heavy atom. The molecule has 84 valence electrons. The van der Waals surface area contributed by atoms with E-state index in [2.05, 4.69) is 42.0 Å². The van der Waals surface area contributed by atoms with Gasteiger partial charge in [0.1, 0.15) is 0 Å². The fraction of sp³-hybridized carbons (Fsp3) is 0.667. The van der Waals surface area contributed by atoms with Gasteiger partial charge in [0.15, 0.2) is 0 Å². The average Bonchev–Trinajstić information content (AvgIpc) is 2.97. The van der Waals surface area contributed by atoms with E-state index in [1.165, 1.54) is 24.3 Å². The van der Waals surface area contributed by atoms with Crippen LogP contribution in [0, 0.1) is 5.92 Å². The Hall–Kier alpha value is 0.01000. The lowest BCUT2D eigenvalue weighted by atomic mass is 10.2. The summed E-state index contributed by atoms with van der Waals surface area (Å²) in [5, 5.41) is 2.17. The maximum Gasteiger partial charge on any atom is 0.0330 e. The van der Waals surface area contributed by atoms with Crippen LogP contribution in [0.5, 0.6) is 0 Å². The van der Waals surface area contributed by atoms with E-state index in [0.717, 1.165) is 18.3 Å². The molecule has 0 aromatic carbocycles. The van der Waals surface area contributed by atoms with Crippen LogP contribution in [0.25, 0.3) is 0 Å². The molecule has 1 aliphatic carbocycles. The van der Waals surface area contributed by atoms with Crippen molar-refractivity contribution >= 4 is 24.0 Å². The minimum atomic E-state index is 0.703. The van der Waals surface area contributed by atoms with Crippen LogP contribution in [0.1, 0.15) is 24.6 Å². The number of thiophene rings is 1. The molecule has 1 heterocycles. The monoisotopic (exact) mass is 241 g/mol. The van der Waals surface area contributed by atoms with Gasteiger partial charge >= 0.3 is 0 Å². The lowest BCUT2D eigenvalue weighted by Gasteiger charge is -2.24. The van der Waals surface area contributed by atoms with E-state index in [9.17, 15) is 0 Å². The Kier molecular flexibility index (Phi) is 4.12. The third kappa shape index (κ3) is 3.51. The van der Waals surface area contributed by atoms with Crippen molar-refractivity contribution in [3.8, 4) is 0 Å². The minimum Gasteiger partial charge on any atom is -0.295 e. The highest BCUT2D eigenvalue weighted by Crippen LogP contribution is 2.29. The first-order chi connectivity index (χ1) is 7.29. The molecule has 1 aromatic rings. The molecule has 2 rings (SSSR count). The summed E-state index contributed by atoms with van der Waals surface area (Å²) < 4.78 is 0. The fourth-order valence-corrected chi connectivity index (χ4v) is 2.69. The molecule has 1 nitrogen and oxygen atoms in total. The van der Waals surface area contributed by atoms with Crippen LogP contribution >= 0.6 is 24.0 Å². The normalized spacial score (nSPS) is 18.3. The van der Waals surface area contributed by atoms with Crippen LogP contribution in [0.15, 0.2) is 17.5 Å². The maximum atomic E-state index is 4.37. The zero-order valence-corrected chi connectivity index (χ0v) is 10.9. The molecule has 0 bridgehead atoms. The predicted octanol–water partition coefficient (Wildman–Crippen LogP) is 3.28. The molecule has 1 atom stereocenters. The predicted molar refractivity (Wildman–Crippen MR) is 70.8 cm³/mol. The van der Waals surface area contributed by atoms with E-state index in [-0.39, 0.29) is 0 Å². The molecule has 1 aromatic heterocycles. The van der Waals surface area contributed by atoms with Crippen LogP contribution in [-0.4, -0.2) is 23.2 Å². The minimum absolute atomic E-state index is 0.703. The van der Waals surface area contributed by atoms with Crippen molar-refractivity contribution in [2.45, 2.75) is 32.4 Å². The van der Waals surface area contributed by atoms with Crippen LogP contribution in [0.3, 0.4) is 0 Å². The van der Waals surface area contributed by atoms with Gasteiger partial charge in [-0.3, -0.25) is 4.90 Å². The highest BCUT2D eigenvalue weighted by Gasteiger charge is 2.29. The molecule has 0 spiro atoms. The lowest BCUT2D eigenvalue weighted by Crippen LogP contribution is -2.30. The number of thiol groups is 1. The molecule has 0 radical (unpaired) electrons. The van der Waals surface area contributed by atoms with E-state index in [4.69, 9.17) is 0 Å². The first-order valence-electron chi connectivity index (χ1n) is 5.67. The van der Waals surface area contributed by atoms with Gasteiger partial charge < -0.3 is 0 Å². The highest BCUT2D eigenvalue weighted by molar-refractivity contribution is 7.80. The molecule has 1 saturated carbocycles. The second-order valence-electron chi connectivity index (χ2n) is 4.53. The van der Waals surface area contributed by atoms with Crippen molar-refractivity contribution in [1.82, 2.24) is 4.90 Å². The van der Waals surface area contributed by atoms with Crippen LogP contribution < -0.4 is 0 Å². The second-order valence-corrected chi connectivity index (χ2v) is 5.93.